The number of halogens is 1. The molecule has 3 aromatic rings. The Morgan fingerprint density at radius 2 is 2.16 bits per heavy atom. The van der Waals surface area contributed by atoms with Gasteiger partial charge in [-0.25, -0.2) is 0 Å². The van der Waals surface area contributed by atoms with Crippen LogP contribution in [-0.4, -0.2) is 15.1 Å². The molecule has 0 spiro atoms. The fourth-order valence-corrected chi connectivity index (χ4v) is 2.69. The lowest BCUT2D eigenvalue weighted by Gasteiger charge is -2.04. The van der Waals surface area contributed by atoms with Gasteiger partial charge < -0.3 is 9.84 Å². The number of benzene rings is 1. The zero-order valence-corrected chi connectivity index (χ0v) is 11.3. The van der Waals surface area contributed by atoms with E-state index in [-0.39, 0.29) is 11.8 Å². The molecule has 1 N–H and O–H groups in total. The van der Waals surface area contributed by atoms with Crippen molar-refractivity contribution in [1.82, 2.24) is 9.97 Å². The van der Waals surface area contributed by atoms with Crippen LogP contribution in [0.5, 0.6) is 10.9 Å². The first-order valence-corrected chi connectivity index (χ1v) is 6.75. The van der Waals surface area contributed by atoms with Crippen molar-refractivity contribution in [2.75, 3.05) is 0 Å². The van der Waals surface area contributed by atoms with Crippen LogP contribution in [0.1, 0.15) is 4.88 Å². The highest BCUT2D eigenvalue weighted by molar-refractivity contribution is 7.13. The van der Waals surface area contributed by atoms with E-state index in [0.29, 0.717) is 15.8 Å². The van der Waals surface area contributed by atoms with Crippen LogP contribution in [0.3, 0.4) is 0 Å². The molecule has 0 radical (unpaired) electrons. The van der Waals surface area contributed by atoms with E-state index >= 15 is 0 Å². The maximum absolute atomic E-state index is 9.09. The predicted octanol–water partition coefficient (Wildman–Crippen LogP) is 3.63. The van der Waals surface area contributed by atoms with Gasteiger partial charge >= 0.3 is 0 Å². The van der Waals surface area contributed by atoms with E-state index in [9.17, 15) is 0 Å². The van der Waals surface area contributed by atoms with Crippen molar-refractivity contribution in [3.63, 3.8) is 0 Å². The summed E-state index contributed by atoms with van der Waals surface area (Å²) in [7, 11) is 0. The van der Waals surface area contributed by atoms with E-state index in [1.54, 1.807) is 6.20 Å². The van der Waals surface area contributed by atoms with Crippen LogP contribution in [0.2, 0.25) is 5.15 Å². The van der Waals surface area contributed by atoms with Gasteiger partial charge in [0.05, 0.1) is 17.0 Å². The molecule has 0 amide bonds. The van der Waals surface area contributed by atoms with Gasteiger partial charge in [-0.05, 0) is 24.3 Å². The van der Waals surface area contributed by atoms with E-state index in [2.05, 4.69) is 9.97 Å². The van der Waals surface area contributed by atoms with Gasteiger partial charge in [-0.3, -0.25) is 4.98 Å². The molecule has 1 aromatic carbocycles. The average Bonchev–Trinajstić information content (AvgIpc) is 2.79. The number of aromatic nitrogens is 2. The number of fused-ring (bicyclic) bond motifs is 1. The van der Waals surface area contributed by atoms with Crippen molar-refractivity contribution in [2.24, 2.45) is 0 Å². The van der Waals surface area contributed by atoms with Crippen molar-refractivity contribution < 1.29 is 9.84 Å². The molecule has 0 aliphatic carbocycles. The molecule has 6 heteroatoms. The fraction of sp³-hybridized carbons (Fsp3) is 0.0769. The van der Waals surface area contributed by atoms with Crippen LogP contribution >= 0.6 is 22.9 Å². The van der Waals surface area contributed by atoms with E-state index in [1.807, 2.05) is 30.3 Å². The number of pyridine rings is 1. The van der Waals surface area contributed by atoms with Crippen LogP contribution in [0.4, 0.5) is 0 Å². The van der Waals surface area contributed by atoms with E-state index < -0.39 is 0 Å². The number of ether oxygens (including phenoxy) is 1. The molecule has 2 heterocycles. The molecule has 3 rings (SSSR count). The first-order chi connectivity index (χ1) is 9.28. The summed E-state index contributed by atoms with van der Waals surface area (Å²) in [6, 6.07) is 9.41. The van der Waals surface area contributed by atoms with Crippen molar-refractivity contribution in [3.8, 4) is 10.9 Å². The molecule has 2 aromatic heterocycles. The van der Waals surface area contributed by atoms with Crippen molar-refractivity contribution in [2.45, 2.75) is 6.61 Å². The Morgan fingerprint density at radius 1 is 1.26 bits per heavy atom. The Labute approximate surface area is 118 Å². The lowest BCUT2D eigenvalue weighted by atomic mass is 10.2. The van der Waals surface area contributed by atoms with Gasteiger partial charge in [-0.1, -0.05) is 29.0 Å². The first kappa shape index (κ1) is 12.3. The third-order valence-electron chi connectivity index (χ3n) is 2.58. The predicted molar refractivity (Wildman–Crippen MR) is 74.9 cm³/mol. The van der Waals surface area contributed by atoms with Crippen LogP contribution in [0.25, 0.3) is 10.9 Å². The summed E-state index contributed by atoms with van der Waals surface area (Å²) in [5.74, 6) is 0.667. The third-order valence-corrected chi connectivity index (χ3v) is 3.92. The molecule has 0 saturated heterocycles. The zero-order chi connectivity index (χ0) is 13.2. The monoisotopic (exact) mass is 292 g/mol. The molecule has 0 bridgehead atoms. The largest absolute Gasteiger partial charge is 0.430 e. The summed E-state index contributed by atoms with van der Waals surface area (Å²) in [5, 5.41) is 10.7. The third kappa shape index (κ3) is 2.40. The molecule has 4 nitrogen and oxygen atoms in total. The van der Waals surface area contributed by atoms with Gasteiger partial charge in [0.15, 0.2) is 0 Å². The number of aliphatic hydroxyl groups is 1. The van der Waals surface area contributed by atoms with Crippen molar-refractivity contribution in [1.29, 1.82) is 0 Å². The van der Waals surface area contributed by atoms with E-state index in [1.165, 1.54) is 11.3 Å². The summed E-state index contributed by atoms with van der Waals surface area (Å²) >= 11 is 7.10. The summed E-state index contributed by atoms with van der Waals surface area (Å²) in [5.41, 5.74) is 0.852. The smallest absolute Gasteiger partial charge is 0.280 e. The molecule has 0 saturated carbocycles. The van der Waals surface area contributed by atoms with Gasteiger partial charge in [0, 0.05) is 11.6 Å². The second-order valence-electron chi connectivity index (χ2n) is 3.78. The van der Waals surface area contributed by atoms with Crippen LogP contribution < -0.4 is 4.74 Å². The first-order valence-electron chi connectivity index (χ1n) is 5.55. The lowest BCUT2D eigenvalue weighted by molar-refractivity contribution is 0.285. The Kier molecular flexibility index (Phi) is 3.33. The maximum Gasteiger partial charge on any atom is 0.280 e. The second-order valence-corrected chi connectivity index (χ2v) is 5.18. The molecule has 0 unspecified atom stereocenters. The number of hydrogen-bond acceptors (Lipinski definition) is 5. The maximum atomic E-state index is 9.09. The number of hydrogen-bond donors (Lipinski definition) is 1. The average molecular weight is 293 g/mol. The molecule has 0 fully saturated rings. The fourth-order valence-electron chi connectivity index (χ4n) is 1.71. The Bertz CT molecular complexity index is 724. The van der Waals surface area contributed by atoms with Crippen LogP contribution in [0, 0.1) is 0 Å². The summed E-state index contributed by atoms with van der Waals surface area (Å²) < 4.78 is 5.73. The standard InChI is InChI=1S/C13H9ClN2O2S/c14-12-11(7-17)19-13(16-12)18-10-5-1-4-9-8(10)3-2-6-15-9/h1-6,17H,7H2. The number of rotatable bonds is 3. The summed E-state index contributed by atoms with van der Waals surface area (Å²) in [6.07, 6.45) is 1.73. The number of thiazole rings is 1. The number of aliphatic hydroxyl groups excluding tert-OH is 1. The normalized spacial score (nSPS) is 10.8. The SMILES string of the molecule is OCc1sc(Oc2cccc3ncccc23)nc1Cl. The van der Waals surface area contributed by atoms with Gasteiger partial charge in [0.1, 0.15) is 10.9 Å². The van der Waals surface area contributed by atoms with Crippen molar-refractivity contribution in [3.05, 3.63) is 46.6 Å². The lowest BCUT2D eigenvalue weighted by Crippen LogP contribution is -1.86. The quantitative estimate of drug-likeness (QED) is 0.801. The summed E-state index contributed by atoms with van der Waals surface area (Å²) in [4.78, 5) is 8.92. The summed E-state index contributed by atoms with van der Waals surface area (Å²) in [6.45, 7) is -0.142. The van der Waals surface area contributed by atoms with Gasteiger partial charge in [0.25, 0.3) is 5.19 Å². The minimum Gasteiger partial charge on any atom is -0.430 e. The minimum atomic E-state index is -0.142. The van der Waals surface area contributed by atoms with Crippen molar-refractivity contribution >= 4 is 33.8 Å². The van der Waals surface area contributed by atoms with Gasteiger partial charge in [-0.2, -0.15) is 4.98 Å². The van der Waals surface area contributed by atoms with Gasteiger partial charge in [0.2, 0.25) is 0 Å². The molecular formula is C13H9ClN2O2S. The molecule has 0 aliphatic rings. The Morgan fingerprint density at radius 3 is 2.95 bits per heavy atom. The zero-order valence-electron chi connectivity index (χ0n) is 9.71. The minimum absolute atomic E-state index is 0.142. The Balaban J connectivity index is 2.00. The molecule has 96 valence electrons. The highest BCUT2D eigenvalue weighted by Crippen LogP contribution is 2.34. The van der Waals surface area contributed by atoms with E-state index in [0.717, 1.165) is 10.9 Å². The topological polar surface area (TPSA) is 55.2 Å². The molecule has 19 heavy (non-hydrogen) atoms. The van der Waals surface area contributed by atoms with Gasteiger partial charge in [-0.15, -0.1) is 0 Å². The van der Waals surface area contributed by atoms with Crippen LogP contribution in [-0.2, 0) is 6.61 Å². The highest BCUT2D eigenvalue weighted by Gasteiger charge is 2.11. The molecular weight excluding hydrogens is 284 g/mol. The number of nitrogens with zero attached hydrogens (tertiary/aromatic N) is 2. The molecule has 0 aliphatic heterocycles. The Hall–Kier alpha value is -1.69. The van der Waals surface area contributed by atoms with E-state index in [4.69, 9.17) is 21.4 Å². The second kappa shape index (κ2) is 5.13. The highest BCUT2D eigenvalue weighted by atomic mass is 35.5. The van der Waals surface area contributed by atoms with Crippen LogP contribution in [0.15, 0.2) is 36.5 Å². The molecule has 0 atom stereocenters.